The van der Waals surface area contributed by atoms with Crippen LogP contribution >= 0.6 is 0 Å². The topological polar surface area (TPSA) is 41.1 Å². The Labute approximate surface area is 132 Å². The van der Waals surface area contributed by atoms with Crippen LogP contribution in [0.25, 0.3) is 0 Å². The largest absolute Gasteiger partial charge is 0.355 e. The molecule has 3 heteroatoms. The van der Waals surface area contributed by atoms with Crippen LogP contribution in [0.15, 0.2) is 54.6 Å². The lowest BCUT2D eigenvalue weighted by atomic mass is 10.1. The normalized spacial score (nSPS) is 10.4. The van der Waals surface area contributed by atoms with Gasteiger partial charge in [0, 0.05) is 13.1 Å². The Kier molecular flexibility index (Phi) is 6.65. The van der Waals surface area contributed by atoms with E-state index in [-0.39, 0.29) is 5.91 Å². The number of hydrogen-bond donors (Lipinski definition) is 2. The summed E-state index contributed by atoms with van der Waals surface area (Å²) in [5.74, 6) is 0.0562. The number of amides is 1. The van der Waals surface area contributed by atoms with E-state index in [2.05, 4.69) is 47.9 Å². The molecule has 0 aliphatic heterocycles. The molecule has 3 nitrogen and oxygen atoms in total. The van der Waals surface area contributed by atoms with Gasteiger partial charge in [-0.15, -0.1) is 0 Å². The van der Waals surface area contributed by atoms with E-state index in [0.717, 1.165) is 25.9 Å². The molecule has 2 aromatic carbocycles. The molecular weight excluding hydrogens is 272 g/mol. The number of aryl methyl sites for hydroxylation is 2. The molecule has 0 unspecified atom stereocenters. The predicted octanol–water partition coefficient (Wildman–Crippen LogP) is 2.83. The average Bonchev–Trinajstić information content (AvgIpc) is 2.53. The van der Waals surface area contributed by atoms with Gasteiger partial charge in [-0.25, -0.2) is 0 Å². The molecule has 2 rings (SSSR count). The van der Waals surface area contributed by atoms with Crippen molar-refractivity contribution in [3.63, 3.8) is 0 Å². The molecule has 0 aliphatic carbocycles. The Morgan fingerprint density at radius 1 is 1.00 bits per heavy atom. The molecule has 0 spiro atoms. The molecule has 0 heterocycles. The Morgan fingerprint density at radius 3 is 2.55 bits per heavy atom. The fraction of sp³-hybridized carbons (Fsp3) is 0.316. The molecule has 2 aromatic rings. The van der Waals surface area contributed by atoms with E-state index in [1.165, 1.54) is 16.7 Å². The van der Waals surface area contributed by atoms with Gasteiger partial charge in [-0.2, -0.15) is 0 Å². The Bertz CT molecular complexity index is 581. The van der Waals surface area contributed by atoms with E-state index in [4.69, 9.17) is 0 Å². The van der Waals surface area contributed by atoms with Crippen molar-refractivity contribution in [3.05, 3.63) is 71.3 Å². The maximum absolute atomic E-state index is 11.7. The molecule has 0 aliphatic rings. The number of rotatable bonds is 8. The lowest BCUT2D eigenvalue weighted by molar-refractivity contribution is -0.120. The van der Waals surface area contributed by atoms with Crippen molar-refractivity contribution in [1.82, 2.24) is 10.6 Å². The third-order valence-corrected chi connectivity index (χ3v) is 3.50. The van der Waals surface area contributed by atoms with Crippen LogP contribution in [0.2, 0.25) is 0 Å². The van der Waals surface area contributed by atoms with Crippen molar-refractivity contribution >= 4 is 5.91 Å². The summed E-state index contributed by atoms with van der Waals surface area (Å²) in [5, 5.41) is 6.12. The van der Waals surface area contributed by atoms with Gasteiger partial charge in [0.1, 0.15) is 0 Å². The monoisotopic (exact) mass is 296 g/mol. The first kappa shape index (κ1) is 16.2. The van der Waals surface area contributed by atoms with Crippen molar-refractivity contribution in [2.24, 2.45) is 0 Å². The minimum atomic E-state index is 0.0562. The van der Waals surface area contributed by atoms with Crippen molar-refractivity contribution in [1.29, 1.82) is 0 Å². The first-order chi connectivity index (χ1) is 10.7. The third-order valence-electron chi connectivity index (χ3n) is 3.50. The molecule has 22 heavy (non-hydrogen) atoms. The quantitative estimate of drug-likeness (QED) is 0.736. The molecule has 0 atom stereocenters. The SMILES string of the molecule is Cc1cccc(CNCC(=O)NCCCc2ccccc2)c1. The summed E-state index contributed by atoms with van der Waals surface area (Å²) in [6.45, 7) is 3.88. The van der Waals surface area contributed by atoms with Gasteiger partial charge in [0.05, 0.1) is 6.54 Å². The fourth-order valence-corrected chi connectivity index (χ4v) is 2.37. The van der Waals surface area contributed by atoms with Crippen LogP contribution in [-0.2, 0) is 17.8 Å². The van der Waals surface area contributed by atoms with E-state index in [1.54, 1.807) is 0 Å². The Balaban J connectivity index is 1.56. The van der Waals surface area contributed by atoms with E-state index >= 15 is 0 Å². The number of carbonyl (C=O) groups excluding carboxylic acids is 1. The van der Waals surface area contributed by atoms with Gasteiger partial charge in [0.15, 0.2) is 0 Å². The summed E-state index contributed by atoms with van der Waals surface area (Å²) in [5.41, 5.74) is 3.76. The van der Waals surface area contributed by atoms with Crippen molar-refractivity contribution in [2.75, 3.05) is 13.1 Å². The van der Waals surface area contributed by atoms with Crippen LogP contribution in [-0.4, -0.2) is 19.0 Å². The molecule has 0 fully saturated rings. The van der Waals surface area contributed by atoms with E-state index < -0.39 is 0 Å². The second kappa shape index (κ2) is 9.00. The highest BCUT2D eigenvalue weighted by atomic mass is 16.1. The Hall–Kier alpha value is -2.13. The first-order valence-electron chi connectivity index (χ1n) is 7.81. The number of benzene rings is 2. The van der Waals surface area contributed by atoms with E-state index in [0.29, 0.717) is 6.54 Å². The highest BCUT2D eigenvalue weighted by Gasteiger charge is 2.00. The van der Waals surface area contributed by atoms with Gasteiger partial charge in [-0.05, 0) is 30.9 Å². The molecular formula is C19H24N2O. The molecule has 0 radical (unpaired) electrons. The number of carbonyl (C=O) groups is 1. The molecule has 116 valence electrons. The second-order valence-electron chi connectivity index (χ2n) is 5.53. The van der Waals surface area contributed by atoms with Crippen LogP contribution in [0, 0.1) is 6.92 Å². The fourth-order valence-electron chi connectivity index (χ4n) is 2.37. The van der Waals surface area contributed by atoms with Gasteiger partial charge < -0.3 is 10.6 Å². The first-order valence-corrected chi connectivity index (χ1v) is 7.81. The minimum Gasteiger partial charge on any atom is -0.355 e. The summed E-state index contributed by atoms with van der Waals surface area (Å²) in [6, 6.07) is 18.6. The van der Waals surface area contributed by atoms with E-state index in [1.807, 2.05) is 24.3 Å². The highest BCUT2D eigenvalue weighted by Crippen LogP contribution is 2.03. The molecule has 2 N–H and O–H groups in total. The standard InChI is InChI=1S/C19H24N2O/c1-16-7-5-10-18(13-16)14-20-15-19(22)21-12-6-11-17-8-3-2-4-9-17/h2-5,7-10,13,20H,6,11-12,14-15H2,1H3,(H,21,22). The maximum Gasteiger partial charge on any atom is 0.233 e. The van der Waals surface area contributed by atoms with Gasteiger partial charge in [-0.3, -0.25) is 4.79 Å². The van der Waals surface area contributed by atoms with Crippen LogP contribution in [0.3, 0.4) is 0 Å². The van der Waals surface area contributed by atoms with Crippen molar-refractivity contribution < 1.29 is 4.79 Å². The molecule has 0 saturated heterocycles. The summed E-state index contributed by atoms with van der Waals surface area (Å²) in [7, 11) is 0. The zero-order chi connectivity index (χ0) is 15.6. The van der Waals surface area contributed by atoms with Gasteiger partial charge in [-0.1, -0.05) is 60.2 Å². The average molecular weight is 296 g/mol. The molecule has 0 bridgehead atoms. The van der Waals surface area contributed by atoms with Crippen molar-refractivity contribution in [3.8, 4) is 0 Å². The summed E-state index contributed by atoms with van der Waals surface area (Å²) in [4.78, 5) is 11.7. The van der Waals surface area contributed by atoms with Gasteiger partial charge in [0.25, 0.3) is 0 Å². The number of nitrogens with one attached hydrogen (secondary N) is 2. The van der Waals surface area contributed by atoms with Crippen LogP contribution in [0.1, 0.15) is 23.1 Å². The summed E-state index contributed by atoms with van der Waals surface area (Å²) >= 11 is 0. The van der Waals surface area contributed by atoms with Crippen LogP contribution in [0.5, 0.6) is 0 Å². The lowest BCUT2D eigenvalue weighted by Crippen LogP contribution is -2.34. The second-order valence-corrected chi connectivity index (χ2v) is 5.53. The summed E-state index contributed by atoms with van der Waals surface area (Å²) in [6.07, 6.45) is 1.96. The summed E-state index contributed by atoms with van der Waals surface area (Å²) < 4.78 is 0. The molecule has 0 saturated carbocycles. The maximum atomic E-state index is 11.7. The lowest BCUT2D eigenvalue weighted by Gasteiger charge is -2.07. The highest BCUT2D eigenvalue weighted by molar-refractivity contribution is 5.77. The van der Waals surface area contributed by atoms with Crippen LogP contribution < -0.4 is 10.6 Å². The zero-order valence-corrected chi connectivity index (χ0v) is 13.1. The number of hydrogen-bond acceptors (Lipinski definition) is 2. The zero-order valence-electron chi connectivity index (χ0n) is 13.1. The molecule has 1 amide bonds. The minimum absolute atomic E-state index is 0.0562. The van der Waals surface area contributed by atoms with Gasteiger partial charge in [0.2, 0.25) is 5.91 Å². The van der Waals surface area contributed by atoms with Gasteiger partial charge >= 0.3 is 0 Å². The third kappa shape index (κ3) is 6.10. The van der Waals surface area contributed by atoms with E-state index in [9.17, 15) is 4.79 Å². The Morgan fingerprint density at radius 2 is 1.77 bits per heavy atom. The van der Waals surface area contributed by atoms with Crippen molar-refractivity contribution in [2.45, 2.75) is 26.3 Å². The predicted molar refractivity (Wildman–Crippen MR) is 90.7 cm³/mol. The smallest absolute Gasteiger partial charge is 0.233 e. The van der Waals surface area contributed by atoms with Crippen LogP contribution in [0.4, 0.5) is 0 Å². The molecule has 0 aromatic heterocycles.